The molecule has 1 aliphatic heterocycles. The number of benzene rings is 2. The van der Waals surface area contributed by atoms with E-state index in [-0.39, 0.29) is 23.4 Å². The molecular weight excluding hydrogens is 475 g/mol. The van der Waals surface area contributed by atoms with E-state index >= 15 is 0 Å². The van der Waals surface area contributed by atoms with Crippen molar-refractivity contribution in [1.29, 1.82) is 0 Å². The molecule has 178 valence electrons. The number of aromatic nitrogens is 4. The van der Waals surface area contributed by atoms with Crippen molar-refractivity contribution in [1.82, 2.24) is 24.4 Å². The number of halogens is 2. The number of amides is 1. The van der Waals surface area contributed by atoms with Crippen molar-refractivity contribution in [3.05, 3.63) is 97.7 Å². The Kier molecular flexibility index (Phi) is 6.04. The molecule has 11 heteroatoms. The van der Waals surface area contributed by atoms with Crippen molar-refractivity contribution in [2.75, 3.05) is 31.1 Å². The fraction of sp³-hybridized carbons (Fsp3) is 0.208. The first-order valence-electron chi connectivity index (χ1n) is 10.9. The number of carbonyl (C=O) groups is 1. The summed E-state index contributed by atoms with van der Waals surface area (Å²) in [5.74, 6) is -0.288. The largest absolute Gasteiger partial charge is 0.337 e. The standard InChI is InChI=1S/C24H20ClFN6O3/c25-17-2-3-20-19(13-17)21(33)29-24(35)32(20)14-15-10-16(12-18(26)11-15)22(34)30-6-8-31(9-7-30)23-27-4-1-5-28-23/h1-5,10-13H,6-9,14H2,(H,29,33,35). The molecule has 0 unspecified atom stereocenters. The van der Waals surface area contributed by atoms with Gasteiger partial charge in [-0.15, -0.1) is 0 Å². The van der Waals surface area contributed by atoms with E-state index in [0.717, 1.165) is 0 Å². The summed E-state index contributed by atoms with van der Waals surface area (Å²) in [7, 11) is 0. The Balaban J connectivity index is 1.39. The van der Waals surface area contributed by atoms with E-state index in [2.05, 4.69) is 15.0 Å². The van der Waals surface area contributed by atoms with E-state index in [1.54, 1.807) is 41.6 Å². The zero-order valence-electron chi connectivity index (χ0n) is 18.4. The molecule has 9 nitrogen and oxygen atoms in total. The van der Waals surface area contributed by atoms with Crippen LogP contribution in [0.3, 0.4) is 0 Å². The molecule has 0 saturated carbocycles. The average molecular weight is 495 g/mol. The second kappa shape index (κ2) is 9.30. The van der Waals surface area contributed by atoms with E-state index in [9.17, 15) is 18.8 Å². The fourth-order valence-electron chi connectivity index (χ4n) is 4.22. The molecular formula is C24H20ClFN6O3. The van der Waals surface area contributed by atoms with Gasteiger partial charge in [-0.1, -0.05) is 11.6 Å². The summed E-state index contributed by atoms with van der Waals surface area (Å²) in [6, 6.07) is 10.4. The topological polar surface area (TPSA) is 104 Å². The first-order valence-corrected chi connectivity index (χ1v) is 11.3. The number of fused-ring (bicyclic) bond motifs is 1. The molecule has 1 N–H and O–H groups in total. The van der Waals surface area contributed by atoms with Crippen LogP contribution in [-0.2, 0) is 6.54 Å². The number of hydrogen-bond donors (Lipinski definition) is 1. The molecule has 2 aromatic carbocycles. The van der Waals surface area contributed by atoms with Crippen molar-refractivity contribution in [2.45, 2.75) is 6.54 Å². The molecule has 3 heterocycles. The number of rotatable bonds is 4. The zero-order chi connectivity index (χ0) is 24.5. The molecule has 0 bridgehead atoms. The minimum absolute atomic E-state index is 0.0368. The third-order valence-corrected chi connectivity index (χ3v) is 6.14. The summed E-state index contributed by atoms with van der Waals surface area (Å²) in [5.41, 5.74) is -0.232. The Hall–Kier alpha value is -4.05. The van der Waals surface area contributed by atoms with Gasteiger partial charge in [0.1, 0.15) is 5.82 Å². The maximum absolute atomic E-state index is 14.5. The second-order valence-electron chi connectivity index (χ2n) is 8.18. The Labute approximate surface area is 203 Å². The van der Waals surface area contributed by atoms with Gasteiger partial charge in [0.25, 0.3) is 11.5 Å². The lowest BCUT2D eigenvalue weighted by atomic mass is 10.1. The lowest BCUT2D eigenvalue weighted by Crippen LogP contribution is -2.49. The van der Waals surface area contributed by atoms with Gasteiger partial charge in [0.2, 0.25) is 5.95 Å². The summed E-state index contributed by atoms with van der Waals surface area (Å²) in [6.07, 6.45) is 3.33. The first kappa shape index (κ1) is 22.7. The van der Waals surface area contributed by atoms with Gasteiger partial charge in [-0.2, -0.15) is 0 Å². The molecule has 4 aromatic rings. The fourth-order valence-corrected chi connectivity index (χ4v) is 4.39. The second-order valence-corrected chi connectivity index (χ2v) is 8.62. The van der Waals surface area contributed by atoms with Crippen molar-refractivity contribution >= 4 is 34.4 Å². The number of nitrogens with one attached hydrogen (secondary N) is 1. The number of anilines is 1. The smallest absolute Gasteiger partial charge is 0.329 e. The van der Waals surface area contributed by atoms with Crippen molar-refractivity contribution < 1.29 is 9.18 Å². The molecule has 5 rings (SSSR count). The molecule has 1 aliphatic rings. The summed E-state index contributed by atoms with van der Waals surface area (Å²) in [5, 5.41) is 0.593. The number of carbonyl (C=O) groups excluding carboxylic acids is 1. The Morgan fingerprint density at radius 1 is 1.03 bits per heavy atom. The van der Waals surface area contributed by atoms with Crippen LogP contribution in [0.4, 0.5) is 10.3 Å². The van der Waals surface area contributed by atoms with Gasteiger partial charge in [0.15, 0.2) is 0 Å². The molecule has 1 fully saturated rings. The summed E-state index contributed by atoms with van der Waals surface area (Å²) in [6.45, 7) is 1.95. The van der Waals surface area contributed by atoms with Crippen LogP contribution in [0.15, 0.2) is 64.4 Å². The maximum Gasteiger partial charge on any atom is 0.329 e. The van der Waals surface area contributed by atoms with Gasteiger partial charge >= 0.3 is 5.69 Å². The SMILES string of the molecule is O=C(c1cc(F)cc(Cn2c(=O)[nH]c(=O)c3cc(Cl)ccc32)c1)N1CCN(c2ncccn2)CC1. The minimum atomic E-state index is -0.638. The van der Waals surface area contributed by atoms with E-state index in [4.69, 9.17) is 11.6 Å². The van der Waals surface area contributed by atoms with Crippen molar-refractivity contribution in [3.63, 3.8) is 0 Å². The van der Waals surface area contributed by atoms with Crippen LogP contribution >= 0.6 is 11.6 Å². The highest BCUT2D eigenvalue weighted by molar-refractivity contribution is 6.31. The minimum Gasteiger partial charge on any atom is -0.337 e. The monoisotopic (exact) mass is 494 g/mol. The summed E-state index contributed by atoms with van der Waals surface area (Å²) < 4.78 is 15.8. The van der Waals surface area contributed by atoms with Gasteiger partial charge in [-0.3, -0.25) is 19.1 Å². The van der Waals surface area contributed by atoms with E-state index in [0.29, 0.717) is 48.2 Å². The molecule has 0 atom stereocenters. The Morgan fingerprint density at radius 2 is 1.77 bits per heavy atom. The first-order chi connectivity index (χ1) is 16.9. The van der Waals surface area contributed by atoms with Gasteiger partial charge < -0.3 is 9.80 Å². The van der Waals surface area contributed by atoms with Gasteiger partial charge in [0.05, 0.1) is 17.4 Å². The highest BCUT2D eigenvalue weighted by Crippen LogP contribution is 2.19. The molecule has 0 spiro atoms. The van der Waals surface area contributed by atoms with Gasteiger partial charge in [-0.05, 0) is 48.0 Å². The third-order valence-electron chi connectivity index (χ3n) is 5.91. The molecule has 2 aromatic heterocycles. The normalized spacial score (nSPS) is 13.9. The predicted octanol–water partition coefficient (Wildman–Crippen LogP) is 2.28. The lowest BCUT2D eigenvalue weighted by Gasteiger charge is -2.34. The third kappa shape index (κ3) is 4.65. The molecule has 1 saturated heterocycles. The quantitative estimate of drug-likeness (QED) is 0.467. The van der Waals surface area contributed by atoms with Gasteiger partial charge in [0, 0.05) is 49.2 Å². The summed E-state index contributed by atoms with van der Waals surface area (Å²) in [4.78, 5) is 52.2. The number of H-pyrrole nitrogens is 1. The van der Waals surface area contributed by atoms with Crippen LogP contribution in [-0.4, -0.2) is 56.5 Å². The van der Waals surface area contributed by atoms with Gasteiger partial charge in [-0.25, -0.2) is 19.2 Å². The Bertz CT molecular complexity index is 1530. The molecule has 0 radical (unpaired) electrons. The number of hydrogen-bond acceptors (Lipinski definition) is 6. The molecule has 1 amide bonds. The molecule has 35 heavy (non-hydrogen) atoms. The van der Waals surface area contributed by atoms with Crippen LogP contribution in [0.1, 0.15) is 15.9 Å². The van der Waals surface area contributed by atoms with Crippen LogP contribution in [0.25, 0.3) is 10.9 Å². The van der Waals surface area contributed by atoms with Crippen molar-refractivity contribution in [3.8, 4) is 0 Å². The Morgan fingerprint density at radius 3 is 2.51 bits per heavy atom. The van der Waals surface area contributed by atoms with Crippen LogP contribution in [0.5, 0.6) is 0 Å². The average Bonchev–Trinajstić information content (AvgIpc) is 2.86. The van der Waals surface area contributed by atoms with Crippen LogP contribution < -0.4 is 16.1 Å². The highest BCUT2D eigenvalue weighted by Gasteiger charge is 2.24. The maximum atomic E-state index is 14.5. The zero-order valence-corrected chi connectivity index (χ0v) is 19.2. The number of nitrogens with zero attached hydrogens (tertiary/aromatic N) is 5. The van der Waals surface area contributed by atoms with Crippen molar-refractivity contribution in [2.24, 2.45) is 0 Å². The van der Waals surface area contributed by atoms with Crippen LogP contribution in [0, 0.1) is 5.82 Å². The highest BCUT2D eigenvalue weighted by atomic mass is 35.5. The van der Waals surface area contributed by atoms with E-state index in [1.807, 2.05) is 4.90 Å². The lowest BCUT2D eigenvalue weighted by molar-refractivity contribution is 0.0745. The predicted molar refractivity (Wildman–Crippen MR) is 129 cm³/mol. The van der Waals surface area contributed by atoms with E-state index < -0.39 is 17.1 Å². The van der Waals surface area contributed by atoms with E-state index in [1.165, 1.54) is 22.8 Å². The number of piperazine rings is 1. The van der Waals surface area contributed by atoms with Crippen LogP contribution in [0.2, 0.25) is 5.02 Å². The molecule has 0 aliphatic carbocycles. The summed E-state index contributed by atoms with van der Waals surface area (Å²) >= 11 is 6.00. The number of aromatic amines is 1.